The number of nitrogens with one attached hydrogen (secondary N) is 1. The van der Waals surface area contributed by atoms with Crippen LogP contribution in [0.5, 0.6) is 29.0 Å². The first kappa shape index (κ1) is 34.4. The molecule has 0 radical (unpaired) electrons. The molecule has 2 saturated carbocycles. The number of piperidine rings is 1. The second kappa shape index (κ2) is 12.3. The molecule has 3 aromatic carbocycles. The molecule has 14 heteroatoms. The number of hydrogen-bond acceptors (Lipinski definition) is 9. The number of carbonyl (C=O) groups is 4. The van der Waals surface area contributed by atoms with Crippen molar-refractivity contribution in [2.24, 2.45) is 17.3 Å². The number of β-lactam (4-membered cyclic amide) rings is 1. The molecule has 3 amide bonds. The van der Waals surface area contributed by atoms with Crippen LogP contribution in [0.1, 0.15) is 36.5 Å². The molecule has 1 aliphatic heterocycles. The largest absolute Gasteiger partial charge is 0.497 e. The maximum absolute atomic E-state index is 15.2. The quantitative estimate of drug-likeness (QED) is 0.105. The van der Waals surface area contributed by atoms with Gasteiger partial charge in [-0.15, -0.1) is 0 Å². The molecule has 4 aromatic rings. The topological polar surface area (TPSA) is 160 Å². The zero-order valence-corrected chi connectivity index (χ0v) is 29.0. The fraction of sp³-hybridized carbons (Fsp3) is 0.316. The molecule has 3 fully saturated rings. The Morgan fingerprint density at radius 2 is 1.73 bits per heavy atom. The van der Waals surface area contributed by atoms with Gasteiger partial charge in [0.05, 0.1) is 20.1 Å². The summed E-state index contributed by atoms with van der Waals surface area (Å²) in [4.78, 5) is 56.8. The van der Waals surface area contributed by atoms with E-state index >= 15 is 4.39 Å². The van der Waals surface area contributed by atoms with Crippen molar-refractivity contribution >= 4 is 29.9 Å². The molecule has 1 spiro atoms. The zero-order chi connectivity index (χ0) is 37.3. The Balaban J connectivity index is 1.34. The molecular formula is C38H37FN4O9. The van der Waals surface area contributed by atoms with Crippen molar-refractivity contribution in [3.63, 3.8) is 0 Å². The van der Waals surface area contributed by atoms with Crippen LogP contribution in [-0.2, 0) is 31.4 Å². The first-order valence-electron chi connectivity index (χ1n) is 16.6. The van der Waals surface area contributed by atoms with Crippen LogP contribution in [0.15, 0.2) is 72.8 Å². The minimum Gasteiger partial charge on any atom is -0.497 e. The number of benzene rings is 3. The second-order valence-corrected chi connectivity index (χ2v) is 13.5. The summed E-state index contributed by atoms with van der Waals surface area (Å²) in [5.41, 5.74) is -1.07. The van der Waals surface area contributed by atoms with Gasteiger partial charge in [0.15, 0.2) is 17.8 Å². The second-order valence-electron chi connectivity index (χ2n) is 13.5. The Morgan fingerprint density at radius 1 is 1.02 bits per heavy atom. The highest BCUT2D eigenvalue weighted by atomic mass is 19.1. The highest BCUT2D eigenvalue weighted by Gasteiger charge is 3.10. The highest BCUT2D eigenvalue weighted by molar-refractivity contribution is 6.09. The van der Waals surface area contributed by atoms with E-state index in [4.69, 9.17) is 14.2 Å². The van der Waals surface area contributed by atoms with E-state index in [0.29, 0.717) is 23.5 Å². The highest BCUT2D eigenvalue weighted by Crippen LogP contribution is 3.00. The average molecular weight is 713 g/mol. The number of ether oxygens (including phenoxy) is 3. The maximum Gasteiger partial charge on any atom is 0.313 e. The van der Waals surface area contributed by atoms with E-state index in [9.17, 15) is 29.4 Å². The SMILES string of the molecule is COc1ccc(CNC(=O)[C@@H](N(C=O)c2ccc(C)cc2)N2C(=O)[C@@]34C(c5ccccc5F)[C@H]3[C@]24n2c(O)cc(OC(=O)C(C)C)c2O)c(OC)c1. The number of hydrogen-bond donors (Lipinski definition) is 3. The summed E-state index contributed by atoms with van der Waals surface area (Å²) < 4.78 is 32.4. The van der Waals surface area contributed by atoms with Gasteiger partial charge in [0.1, 0.15) is 28.4 Å². The normalized spacial score (nSPS) is 22.8. The smallest absolute Gasteiger partial charge is 0.313 e. The number of aryl methyl sites for hydroxylation is 1. The number of fused-ring (bicyclic) bond motifs is 1. The van der Waals surface area contributed by atoms with Crippen LogP contribution in [0.3, 0.4) is 0 Å². The summed E-state index contributed by atoms with van der Waals surface area (Å²) in [6.07, 6.45) is -1.25. The predicted octanol–water partition coefficient (Wildman–Crippen LogP) is 4.14. The number of nitrogens with zero attached hydrogens (tertiary/aromatic N) is 3. The molecule has 2 heterocycles. The van der Waals surface area contributed by atoms with Crippen molar-refractivity contribution in [1.82, 2.24) is 14.8 Å². The lowest BCUT2D eigenvalue weighted by Gasteiger charge is -2.54. The molecule has 1 saturated heterocycles. The molecule has 3 aliphatic rings. The van der Waals surface area contributed by atoms with Crippen molar-refractivity contribution in [3.8, 4) is 29.0 Å². The summed E-state index contributed by atoms with van der Waals surface area (Å²) in [5.74, 6) is -5.29. The number of esters is 1. The van der Waals surface area contributed by atoms with Crippen LogP contribution in [0, 0.1) is 30.0 Å². The molecule has 2 aliphatic carbocycles. The lowest BCUT2D eigenvalue weighted by atomic mass is 9.80. The lowest BCUT2D eigenvalue weighted by Crippen LogP contribution is -2.73. The van der Waals surface area contributed by atoms with Gasteiger partial charge in [-0.3, -0.25) is 33.5 Å². The monoisotopic (exact) mass is 712 g/mol. The van der Waals surface area contributed by atoms with Crippen LogP contribution in [-0.4, -0.2) is 64.3 Å². The minimum atomic E-state index is -1.67. The lowest BCUT2D eigenvalue weighted by molar-refractivity contribution is -0.178. The molecular weight excluding hydrogens is 675 g/mol. The summed E-state index contributed by atoms with van der Waals surface area (Å²) in [5, 5.41) is 25.7. The van der Waals surface area contributed by atoms with E-state index in [2.05, 4.69) is 5.32 Å². The number of aromatic hydroxyl groups is 2. The molecule has 270 valence electrons. The Kier molecular flexibility index (Phi) is 8.15. The van der Waals surface area contributed by atoms with E-state index in [1.807, 2.05) is 6.92 Å². The molecule has 0 bridgehead atoms. The van der Waals surface area contributed by atoms with Crippen LogP contribution in [0.25, 0.3) is 0 Å². The van der Waals surface area contributed by atoms with Crippen LogP contribution >= 0.6 is 0 Å². The van der Waals surface area contributed by atoms with E-state index < -0.39 is 70.4 Å². The van der Waals surface area contributed by atoms with Gasteiger partial charge in [0.25, 0.3) is 5.91 Å². The van der Waals surface area contributed by atoms with Crippen molar-refractivity contribution in [2.75, 3.05) is 19.1 Å². The molecule has 1 unspecified atom stereocenters. The summed E-state index contributed by atoms with van der Waals surface area (Å²) in [7, 11) is 2.97. The van der Waals surface area contributed by atoms with Crippen LogP contribution < -0.4 is 24.4 Å². The number of amides is 3. The first-order valence-corrected chi connectivity index (χ1v) is 16.6. The number of anilines is 1. The van der Waals surface area contributed by atoms with Crippen molar-refractivity contribution in [1.29, 1.82) is 0 Å². The van der Waals surface area contributed by atoms with Crippen molar-refractivity contribution in [2.45, 2.75) is 45.1 Å². The molecule has 13 nitrogen and oxygen atoms in total. The van der Waals surface area contributed by atoms with E-state index in [1.165, 1.54) is 26.4 Å². The third-order valence-electron chi connectivity index (χ3n) is 10.4. The fourth-order valence-electron chi connectivity index (χ4n) is 7.92. The number of likely N-dealkylation sites (tertiary alicyclic amines) is 1. The zero-order valence-electron chi connectivity index (χ0n) is 29.0. The van der Waals surface area contributed by atoms with Gasteiger partial charge in [0, 0.05) is 41.8 Å². The van der Waals surface area contributed by atoms with Gasteiger partial charge in [-0.05, 0) is 42.8 Å². The number of methoxy groups -OCH3 is 2. The van der Waals surface area contributed by atoms with Gasteiger partial charge in [-0.25, -0.2) is 4.39 Å². The maximum atomic E-state index is 15.2. The number of carbonyl (C=O) groups excluding carboxylic acids is 4. The third kappa shape index (κ3) is 4.66. The number of halogens is 1. The van der Waals surface area contributed by atoms with Crippen LogP contribution in [0.4, 0.5) is 10.1 Å². The molecule has 5 atom stereocenters. The van der Waals surface area contributed by atoms with Gasteiger partial charge in [0.2, 0.25) is 18.2 Å². The number of rotatable bonds is 13. The third-order valence-corrected chi connectivity index (χ3v) is 10.4. The average Bonchev–Trinajstić information content (AvgIpc) is 3.96. The predicted molar refractivity (Wildman–Crippen MR) is 183 cm³/mol. The summed E-state index contributed by atoms with van der Waals surface area (Å²) in [6, 6.07) is 18.8. The minimum absolute atomic E-state index is 0.0835. The standard InChI is InChI=1S/C38H37FN4O9/c1-20(2)35(48)52-28-17-29(45)42(34(28)47)38-31-30(25-8-6-7-9-26(25)39)37(31,38)36(49)43(38)33(41(19-44)23-13-10-21(3)11-14-23)32(46)40-18-22-12-15-24(50-4)16-27(22)51-5/h6-17,19-20,30-31,33,45,47H,18H2,1-5H3,(H,40,46)/t30?,31-,33+,37-,38+/m1/s1. The van der Waals surface area contributed by atoms with Gasteiger partial charge >= 0.3 is 5.97 Å². The summed E-state index contributed by atoms with van der Waals surface area (Å²) >= 11 is 0. The van der Waals surface area contributed by atoms with Gasteiger partial charge in [-0.1, -0.05) is 49.7 Å². The van der Waals surface area contributed by atoms with E-state index in [1.54, 1.807) is 68.4 Å². The number of aromatic nitrogens is 1. The molecule has 1 aromatic heterocycles. The van der Waals surface area contributed by atoms with Crippen molar-refractivity contribution < 1.29 is 48.0 Å². The molecule has 52 heavy (non-hydrogen) atoms. The van der Waals surface area contributed by atoms with E-state index in [0.717, 1.165) is 26.0 Å². The Hall–Kier alpha value is -6.05. The molecule has 3 N–H and O–H groups in total. The summed E-state index contributed by atoms with van der Waals surface area (Å²) in [6.45, 7) is 4.95. The Morgan fingerprint density at radius 3 is 2.35 bits per heavy atom. The van der Waals surface area contributed by atoms with E-state index in [-0.39, 0.29) is 23.5 Å². The molecule has 7 rings (SSSR count). The Labute approximate surface area is 298 Å². The first-order chi connectivity index (χ1) is 24.9. The van der Waals surface area contributed by atoms with Crippen molar-refractivity contribution in [3.05, 3.63) is 95.3 Å². The van der Waals surface area contributed by atoms with Crippen LogP contribution in [0.2, 0.25) is 0 Å². The van der Waals surface area contributed by atoms with Gasteiger partial charge in [-0.2, -0.15) is 0 Å². The van der Waals surface area contributed by atoms with Gasteiger partial charge < -0.3 is 29.7 Å². The fourth-order valence-corrected chi connectivity index (χ4v) is 7.92. The Bertz CT molecular complexity index is 2120.